The van der Waals surface area contributed by atoms with Crippen molar-refractivity contribution in [2.75, 3.05) is 43.5 Å². The molecule has 8 amide bonds. The zero-order valence-corrected chi connectivity index (χ0v) is 30.1. The van der Waals surface area contributed by atoms with E-state index in [9.17, 15) is 42.6 Å². The molecule has 20 heteroatoms. The van der Waals surface area contributed by atoms with Crippen LogP contribution in [0.5, 0.6) is 0 Å². The van der Waals surface area contributed by atoms with Crippen LogP contribution in [0.2, 0.25) is 0 Å². The van der Waals surface area contributed by atoms with E-state index in [4.69, 9.17) is 9.84 Å². The number of carbonyl (C=O) groups is 8. The summed E-state index contributed by atoms with van der Waals surface area (Å²) in [5, 5.41) is 20.7. The van der Waals surface area contributed by atoms with Gasteiger partial charge in [-0.25, -0.2) is 14.4 Å². The molecule has 1 aromatic carbocycles. The number of rotatable bonds is 20. The fraction of sp³-hybridized carbons (Fsp3) is 0.500. The molecule has 0 spiro atoms. The highest BCUT2D eigenvalue weighted by Crippen LogP contribution is 2.12. The quantitative estimate of drug-likeness (QED) is 0.0791. The van der Waals surface area contributed by atoms with Gasteiger partial charge in [0.1, 0.15) is 18.7 Å². The molecular weight excluding hydrogens is 706 g/mol. The van der Waals surface area contributed by atoms with Crippen LogP contribution in [0.25, 0.3) is 0 Å². The predicted octanol–water partition coefficient (Wildman–Crippen LogP) is 0.592. The zero-order valence-electron chi connectivity index (χ0n) is 29.3. The molecule has 19 nitrogen and oxygen atoms in total. The van der Waals surface area contributed by atoms with Crippen molar-refractivity contribution in [3.8, 4) is 0 Å². The third kappa shape index (κ3) is 16.0. The molecule has 1 aliphatic heterocycles. The number of nitrogens with one attached hydrogen (secondary N) is 5. The maximum atomic E-state index is 12.9. The van der Waals surface area contributed by atoms with Gasteiger partial charge >= 0.3 is 18.3 Å². The van der Waals surface area contributed by atoms with Gasteiger partial charge in [-0.05, 0) is 49.8 Å². The number of hydrogen-bond acceptors (Lipinski definition) is 11. The Morgan fingerprint density at radius 3 is 2.17 bits per heavy atom. The monoisotopic (exact) mass is 751 g/mol. The summed E-state index contributed by atoms with van der Waals surface area (Å²) < 4.78 is 16.9. The fourth-order valence-electron chi connectivity index (χ4n) is 4.42. The van der Waals surface area contributed by atoms with Gasteiger partial charge in [0, 0.05) is 60.3 Å². The highest BCUT2D eigenvalue weighted by molar-refractivity contribution is 7.84. The molecule has 3 atom stereocenters. The van der Waals surface area contributed by atoms with Crippen LogP contribution < -0.4 is 26.6 Å². The van der Waals surface area contributed by atoms with Gasteiger partial charge in [0.2, 0.25) is 17.7 Å². The molecule has 52 heavy (non-hydrogen) atoms. The number of anilines is 1. The second-order valence-electron chi connectivity index (χ2n) is 12.0. The molecule has 0 aliphatic carbocycles. The third-order valence-corrected chi connectivity index (χ3v) is 7.78. The van der Waals surface area contributed by atoms with E-state index in [1.807, 2.05) is 13.8 Å². The number of benzene rings is 1. The molecule has 1 aliphatic rings. The number of unbranched alkanes of at least 4 members (excludes halogenated alkanes) is 1. The lowest BCUT2D eigenvalue weighted by molar-refractivity contribution is -0.169. The highest BCUT2D eigenvalue weighted by Gasteiger charge is 2.30. The van der Waals surface area contributed by atoms with E-state index in [0.29, 0.717) is 36.5 Å². The first-order chi connectivity index (χ1) is 24.5. The topological polar surface area (TPSA) is 259 Å². The average Bonchev–Trinajstić information content (AvgIpc) is 3.39. The Labute approximate surface area is 302 Å². The molecule has 0 saturated carbocycles. The lowest BCUT2D eigenvalue weighted by Crippen LogP contribution is -2.51. The molecule has 0 radical (unpaired) electrons. The van der Waals surface area contributed by atoms with Crippen LogP contribution in [0.3, 0.4) is 0 Å². The smallest absolute Gasteiger partial charge is 0.432 e. The van der Waals surface area contributed by atoms with Crippen molar-refractivity contribution >= 4 is 64.3 Å². The van der Waals surface area contributed by atoms with Crippen molar-refractivity contribution < 1.29 is 57.2 Å². The molecule has 0 bridgehead atoms. The Hall–Kier alpha value is -5.53. The van der Waals surface area contributed by atoms with Crippen LogP contribution in [0.1, 0.15) is 45.6 Å². The van der Waals surface area contributed by atoms with Gasteiger partial charge in [-0.2, -0.15) is 0 Å². The highest BCUT2D eigenvalue weighted by atomic mass is 32.2. The van der Waals surface area contributed by atoms with E-state index in [1.165, 1.54) is 11.8 Å². The average molecular weight is 752 g/mol. The van der Waals surface area contributed by atoms with Gasteiger partial charge < -0.3 is 46.2 Å². The van der Waals surface area contributed by atoms with Crippen LogP contribution in [0, 0.1) is 5.92 Å². The molecule has 0 saturated heterocycles. The molecule has 1 aromatic rings. The molecule has 286 valence electrons. The summed E-state index contributed by atoms with van der Waals surface area (Å²) in [6.07, 6.45) is 0.797. The maximum Gasteiger partial charge on any atom is 0.432 e. The van der Waals surface area contributed by atoms with Crippen LogP contribution in [-0.2, 0) is 51.0 Å². The number of carbonyl (C=O) groups excluding carboxylic acids is 7. The van der Waals surface area contributed by atoms with Crippen LogP contribution in [0.15, 0.2) is 36.4 Å². The van der Waals surface area contributed by atoms with E-state index in [1.54, 1.807) is 30.5 Å². The summed E-state index contributed by atoms with van der Waals surface area (Å²) in [6, 6.07) is 4.13. The summed E-state index contributed by atoms with van der Waals surface area (Å²) in [5.74, 6) is -3.42. The van der Waals surface area contributed by atoms with E-state index in [2.05, 4.69) is 31.4 Å². The molecule has 6 N–H and O–H groups in total. The number of imide groups is 1. The Balaban J connectivity index is 1.86. The normalized spacial score (nSPS) is 13.8. The van der Waals surface area contributed by atoms with Gasteiger partial charge in [0.25, 0.3) is 11.8 Å². The van der Waals surface area contributed by atoms with Crippen molar-refractivity contribution in [3.63, 3.8) is 0 Å². The van der Waals surface area contributed by atoms with Gasteiger partial charge in [-0.1, -0.05) is 31.0 Å². The summed E-state index contributed by atoms with van der Waals surface area (Å²) in [5.41, 5.74) is 1.05. The Kier molecular flexibility index (Phi) is 17.7. The fourth-order valence-corrected chi connectivity index (χ4v) is 4.90. The second-order valence-corrected chi connectivity index (χ2v) is 13.5. The number of hydroxylamine groups is 2. The largest absolute Gasteiger partial charge is 0.465 e. The van der Waals surface area contributed by atoms with Crippen molar-refractivity contribution in [2.45, 2.75) is 58.7 Å². The summed E-state index contributed by atoms with van der Waals surface area (Å²) in [6.45, 7) is 5.56. The number of hydrogen-bond donors (Lipinski definition) is 6. The lowest BCUT2D eigenvalue weighted by atomic mass is 10.1. The number of nitrogens with zero attached hydrogens (tertiary/aromatic N) is 2. The second kappa shape index (κ2) is 21.6. The van der Waals surface area contributed by atoms with Crippen molar-refractivity contribution in [1.82, 2.24) is 31.2 Å². The molecule has 0 aromatic heterocycles. The summed E-state index contributed by atoms with van der Waals surface area (Å²) >= 11 is 0. The summed E-state index contributed by atoms with van der Waals surface area (Å²) in [4.78, 5) is 103. The molecule has 0 fully saturated rings. The van der Waals surface area contributed by atoms with E-state index < -0.39 is 77.2 Å². The minimum atomic E-state index is -1.30. The summed E-state index contributed by atoms with van der Waals surface area (Å²) in [7, 11) is -1.06. The van der Waals surface area contributed by atoms with Crippen LogP contribution in [-0.4, -0.2) is 117 Å². The zero-order chi connectivity index (χ0) is 38.8. The van der Waals surface area contributed by atoms with Gasteiger partial charge in [-0.15, -0.1) is 0 Å². The van der Waals surface area contributed by atoms with E-state index >= 15 is 0 Å². The van der Waals surface area contributed by atoms with Crippen LogP contribution in [0.4, 0.5) is 20.1 Å². The molecule has 1 heterocycles. The van der Waals surface area contributed by atoms with Crippen molar-refractivity contribution in [2.24, 2.45) is 5.92 Å². The SMILES string of the molecule is CC(C)CN(CCS(C)=O)C(=O)OCc1ccc(NC(=O)C(C)NC(=O)CNC(=O)C(CCCCNC(=O)O)NC(=O)ON2C(=O)C=CC2=O)cc1. The van der Waals surface area contributed by atoms with Gasteiger partial charge in [-0.3, -0.25) is 28.2 Å². The van der Waals surface area contributed by atoms with Gasteiger partial charge in [0.05, 0.1) is 6.54 Å². The lowest BCUT2D eigenvalue weighted by Gasteiger charge is -2.23. The van der Waals surface area contributed by atoms with Crippen LogP contribution >= 0.6 is 0 Å². The molecule has 3 unspecified atom stereocenters. The van der Waals surface area contributed by atoms with Crippen molar-refractivity contribution in [3.05, 3.63) is 42.0 Å². The Morgan fingerprint density at radius 1 is 0.923 bits per heavy atom. The van der Waals surface area contributed by atoms with E-state index in [-0.39, 0.29) is 37.0 Å². The standard InChI is InChI=1S/C32H45N7O12S/c1-20(2)18-38(15-16-52(4)49)32(48)50-19-22-8-10-23(11-9-22)36-28(43)21(3)35-25(40)17-34-29(44)24(7-5-6-14-33-30(45)46)37-31(47)51-39-26(41)12-13-27(39)42/h8-13,20-21,24,33H,5-7,14-19H2,1-4H3,(H,34,44)(H,35,40)(H,36,43)(H,37,47)(H,45,46). The first-order valence-corrected chi connectivity index (χ1v) is 18.0. The minimum absolute atomic E-state index is 0.0240. The van der Waals surface area contributed by atoms with Gasteiger partial charge in [0.15, 0.2) is 0 Å². The molecular formula is C32H45N7O12S. The third-order valence-electron chi connectivity index (χ3n) is 7.02. The van der Waals surface area contributed by atoms with E-state index in [0.717, 1.165) is 12.2 Å². The van der Waals surface area contributed by atoms with Crippen molar-refractivity contribution in [1.29, 1.82) is 0 Å². The Bertz CT molecular complexity index is 1500. The maximum absolute atomic E-state index is 12.9. The first-order valence-electron chi connectivity index (χ1n) is 16.3. The predicted molar refractivity (Wildman–Crippen MR) is 185 cm³/mol. The number of amides is 8. The molecule has 2 rings (SSSR count). The number of ether oxygens (including phenoxy) is 1. The Morgan fingerprint density at radius 2 is 1.58 bits per heavy atom. The minimum Gasteiger partial charge on any atom is -0.465 e. The number of carboxylic acid groups (broad SMARTS) is 1. The first kappa shape index (κ1) is 42.6.